The number of carbonyl (C=O) groups is 1. The van der Waals surface area contributed by atoms with Gasteiger partial charge in [-0.3, -0.25) is 4.79 Å². The average Bonchev–Trinajstić information content (AvgIpc) is 2.93. The number of nitrogens with one attached hydrogen (secondary N) is 1. The summed E-state index contributed by atoms with van der Waals surface area (Å²) in [6.45, 7) is 1.44. The van der Waals surface area contributed by atoms with Crippen molar-refractivity contribution in [3.8, 4) is 11.4 Å². The molecule has 0 spiro atoms. The van der Waals surface area contributed by atoms with Gasteiger partial charge in [0, 0.05) is 30.7 Å². The maximum Gasteiger partial charge on any atom is 0.246 e. The lowest BCUT2D eigenvalue weighted by Crippen LogP contribution is -2.35. The summed E-state index contributed by atoms with van der Waals surface area (Å²) in [6, 6.07) is 7.14. The van der Waals surface area contributed by atoms with E-state index in [-0.39, 0.29) is 24.9 Å². The van der Waals surface area contributed by atoms with E-state index in [4.69, 9.17) is 11.6 Å². The van der Waals surface area contributed by atoms with Crippen LogP contribution in [-0.4, -0.2) is 58.2 Å². The van der Waals surface area contributed by atoms with Crippen LogP contribution in [0.15, 0.2) is 24.3 Å². The topological polar surface area (TPSA) is 75.9 Å². The quantitative estimate of drug-likeness (QED) is 0.848. The van der Waals surface area contributed by atoms with Gasteiger partial charge < -0.3 is 10.2 Å². The van der Waals surface area contributed by atoms with E-state index in [2.05, 4.69) is 20.7 Å². The van der Waals surface area contributed by atoms with E-state index >= 15 is 0 Å². The van der Waals surface area contributed by atoms with Gasteiger partial charge in [-0.1, -0.05) is 11.6 Å². The summed E-state index contributed by atoms with van der Waals surface area (Å²) in [5.41, 5.74) is 0.807. The lowest BCUT2D eigenvalue weighted by molar-refractivity contribution is -0.130. The highest BCUT2D eigenvalue weighted by molar-refractivity contribution is 6.30. The van der Waals surface area contributed by atoms with Crippen molar-refractivity contribution < 1.29 is 4.79 Å². The summed E-state index contributed by atoms with van der Waals surface area (Å²) < 4.78 is 0. The maximum absolute atomic E-state index is 12.0. The molecule has 120 valence electrons. The molecule has 0 aliphatic heterocycles. The number of hydrogen-bond acceptors (Lipinski definition) is 5. The Morgan fingerprint density at radius 3 is 2.68 bits per heavy atom. The zero-order valence-electron chi connectivity index (χ0n) is 12.4. The van der Waals surface area contributed by atoms with Crippen LogP contribution in [0.3, 0.4) is 0 Å². The highest BCUT2D eigenvalue weighted by atomic mass is 35.5. The van der Waals surface area contributed by atoms with Crippen LogP contribution in [-0.2, 0) is 11.3 Å². The summed E-state index contributed by atoms with van der Waals surface area (Å²) in [5.74, 6) is 0.405. The molecule has 0 saturated heterocycles. The Balaban J connectivity index is 0.00000242. The molecule has 1 amide bonds. The molecule has 0 atom stereocenters. The van der Waals surface area contributed by atoms with Crippen LogP contribution < -0.4 is 5.32 Å². The SMILES string of the molecule is CNCCN(C)C(=O)Cn1nnc(-c2ccc(Cl)cc2)n1.Cl. The Hall–Kier alpha value is -1.70. The summed E-state index contributed by atoms with van der Waals surface area (Å²) in [7, 11) is 3.59. The largest absolute Gasteiger partial charge is 0.343 e. The lowest BCUT2D eigenvalue weighted by atomic mass is 10.2. The summed E-state index contributed by atoms with van der Waals surface area (Å²) >= 11 is 5.83. The smallest absolute Gasteiger partial charge is 0.246 e. The number of benzene rings is 1. The number of aromatic nitrogens is 4. The predicted octanol–water partition coefficient (Wildman–Crippen LogP) is 1.09. The molecule has 0 radical (unpaired) electrons. The van der Waals surface area contributed by atoms with Crippen LogP contribution in [0.25, 0.3) is 11.4 Å². The van der Waals surface area contributed by atoms with Crippen LogP contribution in [0.4, 0.5) is 0 Å². The number of amides is 1. The van der Waals surface area contributed by atoms with Gasteiger partial charge in [0.2, 0.25) is 11.7 Å². The van der Waals surface area contributed by atoms with Crippen molar-refractivity contribution in [3.63, 3.8) is 0 Å². The van der Waals surface area contributed by atoms with Gasteiger partial charge in [-0.15, -0.1) is 22.6 Å². The number of halogens is 2. The normalized spacial score (nSPS) is 10.1. The summed E-state index contributed by atoms with van der Waals surface area (Å²) in [4.78, 5) is 14.9. The molecule has 0 fully saturated rings. The third kappa shape index (κ3) is 4.94. The Labute approximate surface area is 140 Å². The minimum Gasteiger partial charge on any atom is -0.343 e. The van der Waals surface area contributed by atoms with Crippen molar-refractivity contribution >= 4 is 29.9 Å². The van der Waals surface area contributed by atoms with Crippen molar-refractivity contribution in [2.75, 3.05) is 27.2 Å². The summed E-state index contributed by atoms with van der Waals surface area (Å²) in [6.07, 6.45) is 0. The molecule has 1 heterocycles. The molecule has 0 unspecified atom stereocenters. The molecule has 1 aromatic heterocycles. The second kappa shape index (κ2) is 8.67. The van der Waals surface area contributed by atoms with Gasteiger partial charge in [-0.05, 0) is 36.5 Å². The molecule has 1 aromatic carbocycles. The molecule has 2 rings (SSSR count). The van der Waals surface area contributed by atoms with Gasteiger partial charge in [0.15, 0.2) is 0 Å². The molecule has 1 N–H and O–H groups in total. The molecule has 0 aliphatic carbocycles. The Morgan fingerprint density at radius 2 is 2.05 bits per heavy atom. The van der Waals surface area contributed by atoms with Crippen LogP contribution in [0.2, 0.25) is 5.02 Å². The molecule has 2 aromatic rings. The average molecular weight is 345 g/mol. The van der Waals surface area contributed by atoms with E-state index in [9.17, 15) is 4.79 Å². The third-order valence-corrected chi connectivity index (χ3v) is 3.21. The first-order chi connectivity index (χ1) is 10.1. The van der Waals surface area contributed by atoms with Gasteiger partial charge in [-0.2, -0.15) is 4.80 Å². The van der Waals surface area contributed by atoms with E-state index in [0.29, 0.717) is 17.4 Å². The number of tetrazole rings is 1. The van der Waals surface area contributed by atoms with Gasteiger partial charge in [-0.25, -0.2) is 0 Å². The third-order valence-electron chi connectivity index (χ3n) is 2.95. The molecule has 22 heavy (non-hydrogen) atoms. The molecule has 0 bridgehead atoms. The van der Waals surface area contributed by atoms with E-state index < -0.39 is 0 Å². The van der Waals surface area contributed by atoms with Crippen LogP contribution >= 0.6 is 24.0 Å². The first-order valence-electron chi connectivity index (χ1n) is 6.52. The van der Waals surface area contributed by atoms with Crippen molar-refractivity contribution in [1.82, 2.24) is 30.4 Å². The zero-order chi connectivity index (χ0) is 15.2. The first-order valence-corrected chi connectivity index (χ1v) is 6.90. The first kappa shape index (κ1) is 18.3. The molecular formula is C13H18Cl2N6O. The molecular weight excluding hydrogens is 327 g/mol. The lowest BCUT2D eigenvalue weighted by Gasteiger charge is -2.15. The second-order valence-electron chi connectivity index (χ2n) is 4.57. The predicted molar refractivity (Wildman–Crippen MR) is 87.1 cm³/mol. The monoisotopic (exact) mass is 344 g/mol. The number of likely N-dealkylation sites (N-methyl/N-ethyl adjacent to an activating group) is 2. The van der Waals surface area contributed by atoms with E-state index in [1.165, 1.54) is 4.80 Å². The highest BCUT2D eigenvalue weighted by Crippen LogP contribution is 2.16. The molecule has 0 saturated carbocycles. The zero-order valence-corrected chi connectivity index (χ0v) is 13.9. The number of nitrogens with zero attached hydrogens (tertiary/aromatic N) is 5. The van der Waals surface area contributed by atoms with Crippen LogP contribution in [0.1, 0.15) is 0 Å². The standard InChI is InChI=1S/C13H17ClN6O.ClH/c1-15-7-8-19(2)12(21)9-20-17-13(16-18-20)10-3-5-11(14)6-4-10;/h3-6,15H,7-9H2,1-2H3;1H. The maximum atomic E-state index is 12.0. The molecule has 0 aliphatic rings. The Morgan fingerprint density at radius 1 is 1.36 bits per heavy atom. The molecule has 7 nitrogen and oxygen atoms in total. The number of rotatable bonds is 6. The van der Waals surface area contributed by atoms with Crippen LogP contribution in [0.5, 0.6) is 0 Å². The fourth-order valence-electron chi connectivity index (χ4n) is 1.67. The van der Waals surface area contributed by atoms with Gasteiger partial charge in [0.25, 0.3) is 0 Å². The molecule has 9 heteroatoms. The second-order valence-corrected chi connectivity index (χ2v) is 5.01. The van der Waals surface area contributed by atoms with Crippen molar-refractivity contribution in [2.24, 2.45) is 0 Å². The van der Waals surface area contributed by atoms with Crippen molar-refractivity contribution in [1.29, 1.82) is 0 Å². The number of hydrogen-bond donors (Lipinski definition) is 1. The summed E-state index contributed by atoms with van der Waals surface area (Å²) in [5, 5.41) is 15.7. The Kier molecular flexibility index (Phi) is 7.23. The van der Waals surface area contributed by atoms with E-state index in [1.54, 1.807) is 24.1 Å². The fraction of sp³-hybridized carbons (Fsp3) is 0.385. The highest BCUT2D eigenvalue weighted by Gasteiger charge is 2.12. The van der Waals surface area contributed by atoms with Crippen LogP contribution in [0, 0.1) is 0 Å². The minimum absolute atomic E-state index is 0. The fourth-order valence-corrected chi connectivity index (χ4v) is 1.80. The van der Waals surface area contributed by atoms with Gasteiger partial charge in [0.05, 0.1) is 0 Å². The van der Waals surface area contributed by atoms with Crippen molar-refractivity contribution in [2.45, 2.75) is 6.54 Å². The van der Waals surface area contributed by atoms with E-state index in [0.717, 1.165) is 12.1 Å². The minimum atomic E-state index is -0.0645. The Bertz CT molecular complexity index is 601. The van der Waals surface area contributed by atoms with Gasteiger partial charge in [0.1, 0.15) is 6.54 Å². The van der Waals surface area contributed by atoms with Gasteiger partial charge >= 0.3 is 0 Å². The number of carbonyl (C=O) groups excluding carboxylic acids is 1. The van der Waals surface area contributed by atoms with Crippen molar-refractivity contribution in [3.05, 3.63) is 29.3 Å². The van der Waals surface area contributed by atoms with E-state index in [1.807, 2.05) is 19.2 Å².